The normalized spacial score (nSPS) is 10.9. The first-order valence-electron chi connectivity index (χ1n) is 6.02. The molecule has 0 bridgehead atoms. The fourth-order valence-corrected chi connectivity index (χ4v) is 1.42. The molecule has 9 heteroatoms. The van der Waals surface area contributed by atoms with Crippen molar-refractivity contribution in [3.63, 3.8) is 0 Å². The molecule has 1 rings (SSSR count). The molecular weight excluding hydrogens is 289 g/mol. The lowest BCUT2D eigenvalue weighted by atomic mass is 10.1. The van der Waals surface area contributed by atoms with E-state index in [0.29, 0.717) is 0 Å². The smallest absolute Gasteiger partial charge is 0.351 e. The molecule has 0 saturated carbocycles. The Hall–Kier alpha value is -2.29. The van der Waals surface area contributed by atoms with E-state index in [9.17, 15) is 22.8 Å². The Morgan fingerprint density at radius 3 is 2.43 bits per heavy atom. The molecule has 0 aromatic heterocycles. The monoisotopic (exact) mass is 304 g/mol. The van der Waals surface area contributed by atoms with Crippen molar-refractivity contribution >= 4 is 17.6 Å². The molecule has 3 amide bonds. The maximum atomic E-state index is 12.0. The van der Waals surface area contributed by atoms with Crippen molar-refractivity contribution in [3.05, 3.63) is 29.8 Å². The Bertz CT molecular complexity index is 506. The molecule has 0 aliphatic heterocycles. The van der Waals surface area contributed by atoms with Crippen LogP contribution in [0.2, 0.25) is 0 Å². The minimum absolute atomic E-state index is 0.103. The molecule has 21 heavy (non-hydrogen) atoms. The number of nitrogens with one attached hydrogen (secondary N) is 3. The van der Waals surface area contributed by atoms with Crippen LogP contribution in [-0.2, 0) is 0 Å². The number of amides is 3. The van der Waals surface area contributed by atoms with Gasteiger partial charge in [0.2, 0.25) is 0 Å². The number of halogens is 3. The third kappa shape index (κ3) is 6.13. The third-order valence-electron chi connectivity index (χ3n) is 2.30. The van der Waals surface area contributed by atoms with Gasteiger partial charge in [-0.15, -0.1) is 0 Å². The molecule has 0 aliphatic rings. The summed E-state index contributed by atoms with van der Waals surface area (Å²) >= 11 is 0. The van der Waals surface area contributed by atoms with E-state index in [0.717, 1.165) is 0 Å². The van der Waals surface area contributed by atoms with Gasteiger partial charge in [0, 0.05) is 13.1 Å². The summed E-state index contributed by atoms with van der Waals surface area (Å²) in [7, 11) is 0. The Kier molecular flexibility index (Phi) is 5.97. The molecule has 0 unspecified atom stereocenters. The number of urea groups is 1. The zero-order valence-corrected chi connectivity index (χ0v) is 11.0. The number of para-hydroxylation sites is 1. The van der Waals surface area contributed by atoms with Crippen molar-refractivity contribution in [2.45, 2.75) is 6.18 Å². The van der Waals surface area contributed by atoms with E-state index >= 15 is 0 Å². The summed E-state index contributed by atoms with van der Waals surface area (Å²) in [4.78, 5) is 23.2. The van der Waals surface area contributed by atoms with Gasteiger partial charge in [0.25, 0.3) is 5.91 Å². The van der Waals surface area contributed by atoms with Gasteiger partial charge in [-0.2, -0.15) is 13.2 Å². The number of carbonyl (C=O) groups is 2. The highest BCUT2D eigenvalue weighted by Crippen LogP contribution is 2.15. The molecule has 0 aliphatic carbocycles. The predicted octanol–water partition coefficient (Wildman–Crippen LogP) is 1.06. The molecule has 116 valence electrons. The molecule has 0 heterocycles. The number of anilines is 1. The van der Waals surface area contributed by atoms with Crippen molar-refractivity contribution < 1.29 is 22.8 Å². The first-order valence-corrected chi connectivity index (χ1v) is 6.02. The minimum Gasteiger partial charge on any atom is -0.351 e. The SMILES string of the molecule is NCCNC(=O)c1ccccc1NC(=O)NCC(F)(F)F. The highest BCUT2D eigenvalue weighted by atomic mass is 19.4. The van der Waals surface area contributed by atoms with Crippen LogP contribution >= 0.6 is 0 Å². The van der Waals surface area contributed by atoms with Crippen LogP contribution in [0.25, 0.3) is 0 Å². The first-order chi connectivity index (χ1) is 9.83. The van der Waals surface area contributed by atoms with Gasteiger partial charge in [-0.05, 0) is 12.1 Å². The van der Waals surface area contributed by atoms with Crippen LogP contribution in [0.5, 0.6) is 0 Å². The second kappa shape index (κ2) is 7.48. The maximum absolute atomic E-state index is 12.0. The van der Waals surface area contributed by atoms with E-state index < -0.39 is 24.7 Å². The Labute approximate surface area is 118 Å². The van der Waals surface area contributed by atoms with Gasteiger partial charge in [0.1, 0.15) is 6.54 Å². The highest BCUT2D eigenvalue weighted by molar-refractivity contribution is 6.03. The number of alkyl halides is 3. The summed E-state index contributed by atoms with van der Waals surface area (Å²) in [6.07, 6.45) is -4.50. The van der Waals surface area contributed by atoms with Crippen molar-refractivity contribution in [2.75, 3.05) is 25.0 Å². The van der Waals surface area contributed by atoms with Gasteiger partial charge >= 0.3 is 12.2 Å². The third-order valence-corrected chi connectivity index (χ3v) is 2.30. The quantitative estimate of drug-likeness (QED) is 0.655. The number of benzene rings is 1. The molecular formula is C12H15F3N4O2. The van der Waals surface area contributed by atoms with Crippen LogP contribution in [0, 0.1) is 0 Å². The van der Waals surface area contributed by atoms with Crippen molar-refractivity contribution in [1.82, 2.24) is 10.6 Å². The van der Waals surface area contributed by atoms with Crippen LogP contribution in [0.1, 0.15) is 10.4 Å². The lowest BCUT2D eigenvalue weighted by molar-refractivity contribution is -0.122. The average Bonchev–Trinajstić information content (AvgIpc) is 2.42. The van der Waals surface area contributed by atoms with Crippen LogP contribution in [0.4, 0.5) is 23.7 Å². The summed E-state index contributed by atoms with van der Waals surface area (Å²) in [6.45, 7) is -0.971. The Balaban J connectivity index is 2.70. The minimum atomic E-state index is -4.50. The average molecular weight is 304 g/mol. The molecule has 0 saturated heterocycles. The second-order valence-corrected chi connectivity index (χ2v) is 4.01. The van der Waals surface area contributed by atoms with E-state index in [1.165, 1.54) is 12.1 Å². The lowest BCUT2D eigenvalue weighted by Crippen LogP contribution is -2.37. The molecule has 0 atom stereocenters. The van der Waals surface area contributed by atoms with Gasteiger partial charge in [0.15, 0.2) is 0 Å². The standard InChI is InChI=1S/C12H15F3N4O2/c13-12(14,15)7-18-11(21)19-9-4-2-1-3-8(9)10(20)17-6-5-16/h1-4H,5-7,16H2,(H,17,20)(H2,18,19,21). The van der Waals surface area contributed by atoms with E-state index in [-0.39, 0.29) is 24.3 Å². The Morgan fingerprint density at radius 2 is 1.81 bits per heavy atom. The van der Waals surface area contributed by atoms with E-state index in [1.807, 2.05) is 0 Å². The van der Waals surface area contributed by atoms with Crippen LogP contribution in [0.15, 0.2) is 24.3 Å². The number of nitrogens with two attached hydrogens (primary N) is 1. The number of rotatable bonds is 5. The van der Waals surface area contributed by atoms with Crippen LogP contribution in [-0.4, -0.2) is 37.7 Å². The molecule has 0 fully saturated rings. The van der Waals surface area contributed by atoms with Crippen molar-refractivity contribution in [1.29, 1.82) is 0 Å². The molecule has 0 radical (unpaired) electrons. The lowest BCUT2D eigenvalue weighted by Gasteiger charge is -2.12. The fourth-order valence-electron chi connectivity index (χ4n) is 1.42. The van der Waals surface area contributed by atoms with E-state index in [1.54, 1.807) is 17.4 Å². The number of carbonyl (C=O) groups excluding carboxylic acids is 2. The highest BCUT2D eigenvalue weighted by Gasteiger charge is 2.27. The summed E-state index contributed by atoms with van der Waals surface area (Å²) in [6, 6.07) is 4.90. The van der Waals surface area contributed by atoms with Gasteiger partial charge in [-0.1, -0.05) is 12.1 Å². The molecule has 1 aromatic rings. The molecule has 1 aromatic carbocycles. The zero-order valence-electron chi connectivity index (χ0n) is 11.0. The first kappa shape index (κ1) is 16.8. The number of hydrogen-bond donors (Lipinski definition) is 4. The number of hydrogen-bond acceptors (Lipinski definition) is 3. The molecule has 0 spiro atoms. The predicted molar refractivity (Wildman–Crippen MR) is 70.9 cm³/mol. The summed E-state index contributed by atoms with van der Waals surface area (Å²) in [5.74, 6) is -0.479. The van der Waals surface area contributed by atoms with Gasteiger partial charge in [-0.3, -0.25) is 4.79 Å². The molecule has 5 N–H and O–H groups in total. The van der Waals surface area contributed by atoms with E-state index in [4.69, 9.17) is 5.73 Å². The van der Waals surface area contributed by atoms with Gasteiger partial charge in [-0.25, -0.2) is 4.79 Å². The topological polar surface area (TPSA) is 96.2 Å². The fraction of sp³-hybridized carbons (Fsp3) is 0.333. The van der Waals surface area contributed by atoms with Crippen molar-refractivity contribution in [2.24, 2.45) is 5.73 Å². The zero-order chi connectivity index (χ0) is 15.9. The van der Waals surface area contributed by atoms with E-state index in [2.05, 4.69) is 10.6 Å². The second-order valence-electron chi connectivity index (χ2n) is 4.01. The summed E-state index contributed by atoms with van der Waals surface area (Å²) < 4.78 is 35.9. The Morgan fingerprint density at radius 1 is 1.14 bits per heavy atom. The summed E-state index contributed by atoms with van der Waals surface area (Å²) in [5.41, 5.74) is 5.49. The van der Waals surface area contributed by atoms with Crippen LogP contribution in [0.3, 0.4) is 0 Å². The van der Waals surface area contributed by atoms with Gasteiger partial charge < -0.3 is 21.7 Å². The van der Waals surface area contributed by atoms with Crippen molar-refractivity contribution in [3.8, 4) is 0 Å². The maximum Gasteiger partial charge on any atom is 0.405 e. The summed E-state index contributed by atoms with van der Waals surface area (Å²) in [5, 5.41) is 6.35. The molecule has 6 nitrogen and oxygen atoms in total. The van der Waals surface area contributed by atoms with Gasteiger partial charge in [0.05, 0.1) is 11.3 Å². The van der Waals surface area contributed by atoms with Crippen LogP contribution < -0.4 is 21.7 Å². The largest absolute Gasteiger partial charge is 0.405 e.